The third-order valence-electron chi connectivity index (χ3n) is 3.51. The Hall–Kier alpha value is -1.44. The second kappa shape index (κ2) is 4.20. The minimum absolute atomic E-state index is 0.667. The molecule has 0 atom stereocenters. The van der Waals surface area contributed by atoms with Gasteiger partial charge in [0.05, 0.1) is 0 Å². The molecule has 1 aliphatic carbocycles. The zero-order valence-corrected chi connectivity index (χ0v) is 9.39. The van der Waals surface area contributed by atoms with Crippen molar-refractivity contribution < 1.29 is 0 Å². The molecule has 0 radical (unpaired) electrons. The van der Waals surface area contributed by atoms with Gasteiger partial charge in [0.2, 0.25) is 0 Å². The smallest absolute Gasteiger partial charge is 0.159 e. The molecule has 3 rings (SSSR count). The van der Waals surface area contributed by atoms with Crippen LogP contribution in [-0.2, 0) is 0 Å². The molecule has 2 aromatic heterocycles. The number of aromatic nitrogens is 2. The third kappa shape index (κ3) is 1.80. The molecule has 0 spiro atoms. The van der Waals surface area contributed by atoms with E-state index < -0.39 is 0 Å². The molecule has 1 saturated carbocycles. The largest absolute Gasteiger partial charge is 0.237 e. The zero-order chi connectivity index (χ0) is 10.8. The molecule has 0 aromatic carbocycles. The molecule has 1 aliphatic rings. The molecule has 2 heteroatoms. The quantitative estimate of drug-likeness (QED) is 0.720. The van der Waals surface area contributed by atoms with E-state index in [0.29, 0.717) is 5.92 Å². The first-order valence-electron chi connectivity index (χ1n) is 6.15. The van der Waals surface area contributed by atoms with Gasteiger partial charge in [-0.2, -0.15) is 0 Å². The van der Waals surface area contributed by atoms with E-state index in [1.165, 1.54) is 37.8 Å². The maximum atomic E-state index is 4.69. The van der Waals surface area contributed by atoms with Crippen LogP contribution in [0.15, 0.2) is 30.5 Å². The van der Waals surface area contributed by atoms with Gasteiger partial charge in [-0.15, -0.1) is 0 Å². The fraction of sp³-hybridized carbons (Fsp3) is 0.429. The van der Waals surface area contributed by atoms with Gasteiger partial charge in [0.1, 0.15) is 0 Å². The van der Waals surface area contributed by atoms with Crippen LogP contribution >= 0.6 is 0 Å². The fourth-order valence-electron chi connectivity index (χ4n) is 2.59. The predicted molar refractivity (Wildman–Crippen MR) is 65.4 cm³/mol. The number of hydrogen-bond acceptors (Lipinski definition) is 2. The maximum absolute atomic E-state index is 4.69. The summed E-state index contributed by atoms with van der Waals surface area (Å²) in [6.07, 6.45) is 8.51. The van der Waals surface area contributed by atoms with Crippen LogP contribution in [0.2, 0.25) is 0 Å². The number of pyridine rings is 2. The number of fused-ring (bicyclic) bond motifs is 1. The van der Waals surface area contributed by atoms with Crippen molar-refractivity contribution in [1.29, 1.82) is 0 Å². The normalized spacial score (nSPS) is 17.8. The highest BCUT2D eigenvalue weighted by Crippen LogP contribution is 2.31. The third-order valence-corrected chi connectivity index (χ3v) is 3.51. The summed E-state index contributed by atoms with van der Waals surface area (Å²) in [7, 11) is 0. The van der Waals surface area contributed by atoms with Crippen LogP contribution in [0.4, 0.5) is 0 Å². The molecule has 0 amide bonds. The number of hydrogen-bond donors (Lipinski definition) is 0. The summed E-state index contributed by atoms with van der Waals surface area (Å²) in [4.78, 5) is 9.01. The van der Waals surface area contributed by atoms with Gasteiger partial charge in [-0.05, 0) is 37.1 Å². The van der Waals surface area contributed by atoms with Gasteiger partial charge in [-0.25, -0.2) is 9.97 Å². The monoisotopic (exact) mass is 212 g/mol. The van der Waals surface area contributed by atoms with E-state index >= 15 is 0 Å². The molecule has 0 aliphatic heterocycles. The second-order valence-electron chi connectivity index (χ2n) is 4.62. The molecule has 82 valence electrons. The summed E-state index contributed by atoms with van der Waals surface area (Å²) in [5.41, 5.74) is 2.14. The highest BCUT2D eigenvalue weighted by Gasteiger charge is 2.16. The molecule has 16 heavy (non-hydrogen) atoms. The van der Waals surface area contributed by atoms with Crippen LogP contribution in [0.25, 0.3) is 11.0 Å². The molecular weight excluding hydrogens is 196 g/mol. The standard InChI is InChI=1S/C14H16N2/c1-2-5-11(6-3-1)13-9-8-12-7-4-10-15-14(12)16-13/h4,7-11H,1-3,5-6H2. The lowest BCUT2D eigenvalue weighted by atomic mass is 9.86. The molecule has 2 nitrogen and oxygen atoms in total. The Labute approximate surface area is 95.7 Å². The van der Waals surface area contributed by atoms with Gasteiger partial charge in [0.15, 0.2) is 5.65 Å². The Kier molecular flexibility index (Phi) is 2.56. The average molecular weight is 212 g/mol. The van der Waals surface area contributed by atoms with Crippen molar-refractivity contribution in [2.75, 3.05) is 0 Å². The summed E-state index contributed by atoms with van der Waals surface area (Å²) < 4.78 is 0. The molecular formula is C14H16N2. The first-order chi connectivity index (χ1) is 7.93. The first kappa shape index (κ1) is 9.76. The van der Waals surface area contributed by atoms with E-state index in [9.17, 15) is 0 Å². The van der Waals surface area contributed by atoms with E-state index in [2.05, 4.69) is 28.2 Å². The molecule has 0 saturated heterocycles. The molecule has 0 bridgehead atoms. The lowest BCUT2D eigenvalue weighted by Crippen LogP contribution is -2.06. The van der Waals surface area contributed by atoms with Gasteiger partial charge in [-0.3, -0.25) is 0 Å². The van der Waals surface area contributed by atoms with Gasteiger partial charge in [0, 0.05) is 23.2 Å². The summed E-state index contributed by atoms with van der Waals surface area (Å²) >= 11 is 0. The van der Waals surface area contributed by atoms with Crippen LogP contribution in [0.5, 0.6) is 0 Å². The van der Waals surface area contributed by atoms with Crippen molar-refractivity contribution in [3.8, 4) is 0 Å². The lowest BCUT2D eigenvalue weighted by molar-refractivity contribution is 0.437. The number of rotatable bonds is 1. The topological polar surface area (TPSA) is 25.8 Å². The van der Waals surface area contributed by atoms with Crippen LogP contribution < -0.4 is 0 Å². The van der Waals surface area contributed by atoms with E-state index in [1.807, 2.05) is 12.3 Å². The van der Waals surface area contributed by atoms with Crippen molar-refractivity contribution in [2.24, 2.45) is 0 Å². The Morgan fingerprint density at radius 2 is 1.88 bits per heavy atom. The Morgan fingerprint density at radius 1 is 1.00 bits per heavy atom. The Bertz CT molecular complexity index is 487. The summed E-state index contributed by atoms with van der Waals surface area (Å²) in [5, 5.41) is 1.14. The number of nitrogens with zero attached hydrogens (tertiary/aromatic N) is 2. The van der Waals surface area contributed by atoms with E-state index in [4.69, 9.17) is 0 Å². The van der Waals surface area contributed by atoms with Crippen LogP contribution in [-0.4, -0.2) is 9.97 Å². The van der Waals surface area contributed by atoms with E-state index in [0.717, 1.165) is 11.0 Å². The lowest BCUT2D eigenvalue weighted by Gasteiger charge is -2.20. The highest BCUT2D eigenvalue weighted by atomic mass is 14.8. The molecule has 2 heterocycles. The Balaban J connectivity index is 1.97. The van der Waals surface area contributed by atoms with Gasteiger partial charge >= 0.3 is 0 Å². The van der Waals surface area contributed by atoms with Crippen molar-refractivity contribution >= 4 is 11.0 Å². The average Bonchev–Trinajstić information content (AvgIpc) is 2.39. The summed E-state index contributed by atoms with van der Waals surface area (Å²) in [5.74, 6) is 0.667. The van der Waals surface area contributed by atoms with Crippen molar-refractivity contribution in [3.63, 3.8) is 0 Å². The highest BCUT2D eigenvalue weighted by molar-refractivity contribution is 5.74. The minimum Gasteiger partial charge on any atom is -0.237 e. The second-order valence-corrected chi connectivity index (χ2v) is 4.62. The van der Waals surface area contributed by atoms with Crippen LogP contribution in [0.1, 0.15) is 43.7 Å². The van der Waals surface area contributed by atoms with Crippen molar-refractivity contribution in [3.05, 3.63) is 36.2 Å². The molecule has 2 aromatic rings. The van der Waals surface area contributed by atoms with Crippen LogP contribution in [0, 0.1) is 0 Å². The summed E-state index contributed by atoms with van der Waals surface area (Å²) in [6, 6.07) is 8.36. The molecule has 0 unspecified atom stereocenters. The summed E-state index contributed by atoms with van der Waals surface area (Å²) in [6.45, 7) is 0. The zero-order valence-electron chi connectivity index (χ0n) is 9.39. The minimum atomic E-state index is 0.667. The maximum Gasteiger partial charge on any atom is 0.159 e. The predicted octanol–water partition coefficient (Wildman–Crippen LogP) is 3.68. The van der Waals surface area contributed by atoms with Gasteiger partial charge in [0.25, 0.3) is 0 Å². The van der Waals surface area contributed by atoms with E-state index in [1.54, 1.807) is 0 Å². The molecule has 1 fully saturated rings. The van der Waals surface area contributed by atoms with Gasteiger partial charge < -0.3 is 0 Å². The fourth-order valence-corrected chi connectivity index (χ4v) is 2.59. The molecule has 0 N–H and O–H groups in total. The van der Waals surface area contributed by atoms with Gasteiger partial charge in [-0.1, -0.05) is 19.3 Å². The SMILES string of the molecule is c1cnc2nc(C3CCCCC3)ccc2c1. The first-order valence-corrected chi connectivity index (χ1v) is 6.15. The van der Waals surface area contributed by atoms with E-state index in [-0.39, 0.29) is 0 Å². The van der Waals surface area contributed by atoms with Crippen molar-refractivity contribution in [1.82, 2.24) is 9.97 Å². The Morgan fingerprint density at radius 3 is 2.75 bits per heavy atom. The van der Waals surface area contributed by atoms with Crippen LogP contribution in [0.3, 0.4) is 0 Å². The van der Waals surface area contributed by atoms with Crippen molar-refractivity contribution in [2.45, 2.75) is 38.0 Å².